The van der Waals surface area contributed by atoms with E-state index in [4.69, 9.17) is 9.47 Å². The first-order valence-electron chi connectivity index (χ1n) is 11.3. The van der Waals surface area contributed by atoms with E-state index in [-0.39, 0.29) is 36.4 Å². The molecule has 8 heteroatoms. The van der Waals surface area contributed by atoms with E-state index in [0.717, 1.165) is 25.3 Å². The lowest BCUT2D eigenvalue weighted by Crippen LogP contribution is -2.59. The molecule has 3 N–H and O–H groups in total. The molecule has 0 spiro atoms. The van der Waals surface area contributed by atoms with Crippen LogP contribution in [0.1, 0.15) is 52.9 Å². The highest BCUT2D eigenvalue weighted by molar-refractivity contribution is 6.01. The van der Waals surface area contributed by atoms with E-state index in [1.54, 1.807) is 12.2 Å². The Kier molecular flexibility index (Phi) is 5.73. The van der Waals surface area contributed by atoms with Gasteiger partial charge in [-0.1, -0.05) is 18.6 Å². The van der Waals surface area contributed by atoms with Crippen LogP contribution in [-0.2, 0) is 23.9 Å². The van der Waals surface area contributed by atoms with Gasteiger partial charge in [-0.25, -0.2) is 0 Å². The molecule has 0 aromatic carbocycles. The minimum absolute atomic E-state index is 0.0245. The van der Waals surface area contributed by atoms with Crippen molar-refractivity contribution in [3.8, 4) is 0 Å². The van der Waals surface area contributed by atoms with Gasteiger partial charge < -0.3 is 24.8 Å². The molecule has 32 heavy (non-hydrogen) atoms. The number of fused-ring (bicyclic) bond motifs is 5. The summed E-state index contributed by atoms with van der Waals surface area (Å²) in [5.41, 5.74) is -0.953. The third-order valence-electron chi connectivity index (χ3n) is 8.18. The number of ketones is 2. The predicted octanol–water partition coefficient (Wildman–Crippen LogP) is 1.42. The molecule has 0 aromatic rings. The van der Waals surface area contributed by atoms with Crippen LogP contribution >= 0.6 is 0 Å². The summed E-state index contributed by atoms with van der Waals surface area (Å²) in [6.45, 7) is 3.79. The van der Waals surface area contributed by atoms with Crippen molar-refractivity contribution in [3.63, 3.8) is 0 Å². The second kappa shape index (κ2) is 7.87. The van der Waals surface area contributed by atoms with Gasteiger partial charge in [0.1, 0.15) is 5.60 Å². The van der Waals surface area contributed by atoms with Gasteiger partial charge in [-0.15, -0.1) is 0 Å². The van der Waals surface area contributed by atoms with E-state index in [9.17, 15) is 29.7 Å². The zero-order valence-electron chi connectivity index (χ0n) is 18.7. The molecule has 3 saturated carbocycles. The smallest absolute Gasteiger partial charge is 0.303 e. The first-order chi connectivity index (χ1) is 14.9. The molecule has 5 unspecified atom stereocenters. The van der Waals surface area contributed by atoms with Crippen molar-refractivity contribution in [1.29, 1.82) is 0 Å². The maximum atomic E-state index is 13.2. The molecular formula is C24H32O8. The number of aliphatic hydroxyl groups excluding tert-OH is 1. The fourth-order valence-corrected chi connectivity index (χ4v) is 7.08. The number of aliphatic hydroxyl groups is 3. The van der Waals surface area contributed by atoms with Crippen LogP contribution in [0.3, 0.4) is 0 Å². The molecule has 0 heterocycles. The highest BCUT2D eigenvalue weighted by Gasteiger charge is 2.64. The normalized spacial score (nSPS) is 40.8. The first kappa shape index (κ1) is 23.3. The number of carbonyl (C=O) groups excluding carboxylic acids is 3. The van der Waals surface area contributed by atoms with Crippen molar-refractivity contribution in [3.05, 3.63) is 23.8 Å². The number of hydrogen-bond donors (Lipinski definition) is 3. The Morgan fingerprint density at radius 3 is 2.62 bits per heavy atom. The Hall–Kier alpha value is -1.87. The first-order valence-corrected chi connectivity index (χ1v) is 11.3. The van der Waals surface area contributed by atoms with Crippen molar-refractivity contribution in [2.75, 3.05) is 6.61 Å². The van der Waals surface area contributed by atoms with Gasteiger partial charge in [-0.3, -0.25) is 14.4 Å². The van der Waals surface area contributed by atoms with Gasteiger partial charge in [0.2, 0.25) is 5.78 Å². The van der Waals surface area contributed by atoms with Crippen LogP contribution in [0.2, 0.25) is 0 Å². The lowest BCUT2D eigenvalue weighted by molar-refractivity contribution is -0.366. The Bertz CT molecular complexity index is 883. The fourth-order valence-electron chi connectivity index (χ4n) is 7.08. The highest BCUT2D eigenvalue weighted by atomic mass is 16.8. The van der Waals surface area contributed by atoms with Crippen LogP contribution in [0.5, 0.6) is 0 Å². The van der Waals surface area contributed by atoms with Gasteiger partial charge in [-0.2, -0.15) is 0 Å². The summed E-state index contributed by atoms with van der Waals surface area (Å²) >= 11 is 0. The molecule has 4 aliphatic rings. The summed E-state index contributed by atoms with van der Waals surface area (Å²) in [6.07, 6.45) is 7.03. The maximum absolute atomic E-state index is 13.2. The maximum Gasteiger partial charge on any atom is 0.303 e. The van der Waals surface area contributed by atoms with Crippen molar-refractivity contribution >= 4 is 17.5 Å². The monoisotopic (exact) mass is 448 g/mol. The van der Waals surface area contributed by atoms with Crippen LogP contribution < -0.4 is 0 Å². The Labute approximate surface area is 187 Å². The van der Waals surface area contributed by atoms with E-state index in [1.807, 2.05) is 6.08 Å². The average molecular weight is 449 g/mol. The minimum atomic E-state index is -2.55. The van der Waals surface area contributed by atoms with Gasteiger partial charge in [0.05, 0.1) is 6.10 Å². The topological polar surface area (TPSA) is 130 Å². The second-order valence-electron chi connectivity index (χ2n) is 10.2. The minimum Gasteiger partial charge on any atom is -0.458 e. The molecule has 0 bridgehead atoms. The van der Waals surface area contributed by atoms with Crippen molar-refractivity contribution in [2.45, 2.75) is 70.6 Å². The Balaban J connectivity index is 1.68. The molecule has 0 amide bonds. The lowest BCUT2D eigenvalue weighted by atomic mass is 9.49. The summed E-state index contributed by atoms with van der Waals surface area (Å²) in [5.74, 6) is -4.16. The fraction of sp³-hybridized carbons (Fsp3) is 0.708. The number of allylic oxidation sites excluding steroid dienone is 4. The van der Waals surface area contributed by atoms with Crippen LogP contribution in [0.15, 0.2) is 23.8 Å². The molecule has 0 saturated heterocycles. The van der Waals surface area contributed by atoms with Crippen molar-refractivity contribution in [2.24, 2.45) is 29.1 Å². The molecule has 7 atom stereocenters. The Morgan fingerprint density at radius 1 is 1.25 bits per heavy atom. The van der Waals surface area contributed by atoms with E-state index in [2.05, 4.69) is 6.92 Å². The van der Waals surface area contributed by atoms with E-state index >= 15 is 0 Å². The summed E-state index contributed by atoms with van der Waals surface area (Å²) in [6, 6.07) is 0. The van der Waals surface area contributed by atoms with Gasteiger partial charge in [-0.05, 0) is 56.1 Å². The van der Waals surface area contributed by atoms with Gasteiger partial charge in [0.25, 0.3) is 5.97 Å². The summed E-state index contributed by atoms with van der Waals surface area (Å²) in [7, 11) is 0. The number of hydrogen-bond acceptors (Lipinski definition) is 8. The molecule has 0 radical (unpaired) electrons. The summed E-state index contributed by atoms with van der Waals surface area (Å²) < 4.78 is 10.5. The number of ether oxygens (including phenoxy) is 2. The average Bonchev–Trinajstić information content (AvgIpc) is 3.04. The molecule has 0 aromatic heterocycles. The van der Waals surface area contributed by atoms with Crippen molar-refractivity contribution in [1.82, 2.24) is 0 Å². The van der Waals surface area contributed by atoms with Crippen molar-refractivity contribution < 1.29 is 39.2 Å². The SMILES string of the molecule is CC(=O)OCC(=O)[C@@]1(OC(C)(O)O)CCC2C3CCC4=CC(=O)C=CC4(C)C3C(O)C[C@@H]21. The van der Waals surface area contributed by atoms with E-state index in [1.165, 1.54) is 6.92 Å². The lowest BCUT2D eigenvalue weighted by Gasteiger charge is -2.56. The number of Topliss-reactive ketones (excluding diaryl/α,β-unsaturated/α-hetero) is 1. The molecule has 3 fully saturated rings. The number of rotatable bonds is 5. The van der Waals surface area contributed by atoms with Gasteiger partial charge in [0, 0.05) is 31.1 Å². The molecule has 176 valence electrons. The predicted molar refractivity (Wildman–Crippen MR) is 112 cm³/mol. The molecule has 0 aliphatic heterocycles. The van der Waals surface area contributed by atoms with E-state index in [0.29, 0.717) is 6.42 Å². The number of esters is 1. The van der Waals surface area contributed by atoms with E-state index < -0.39 is 47.4 Å². The highest BCUT2D eigenvalue weighted by Crippen LogP contribution is 2.63. The molecule has 8 nitrogen and oxygen atoms in total. The van der Waals surface area contributed by atoms with Crippen LogP contribution in [0.4, 0.5) is 0 Å². The van der Waals surface area contributed by atoms with Crippen LogP contribution in [0.25, 0.3) is 0 Å². The summed E-state index contributed by atoms with van der Waals surface area (Å²) in [5, 5.41) is 31.4. The summed E-state index contributed by atoms with van der Waals surface area (Å²) in [4.78, 5) is 36.4. The standard InChI is InChI=1S/C24H32O8/c1-13(25)31-12-20(28)24(32-23(3,29)30)9-7-16-17-5-4-14-10-15(26)6-8-22(14,2)21(17)19(27)11-18(16)24/h6,8,10,16-19,21,27,29-30H,4-5,7,9,11-12H2,1-3H3/t16?,17?,18-,19?,21?,22?,24+/m0/s1. The molecule has 4 rings (SSSR count). The van der Waals surface area contributed by atoms with Crippen LogP contribution in [-0.4, -0.2) is 57.1 Å². The molecule has 4 aliphatic carbocycles. The quantitative estimate of drug-likeness (QED) is 0.425. The zero-order valence-corrected chi connectivity index (χ0v) is 18.7. The Morgan fingerprint density at radius 2 is 1.97 bits per heavy atom. The largest absolute Gasteiger partial charge is 0.458 e. The second-order valence-corrected chi connectivity index (χ2v) is 10.2. The molecular weight excluding hydrogens is 416 g/mol. The third kappa shape index (κ3) is 3.77. The zero-order chi connectivity index (χ0) is 23.5. The van der Waals surface area contributed by atoms with Gasteiger partial charge >= 0.3 is 5.97 Å². The van der Waals surface area contributed by atoms with Gasteiger partial charge in [0.15, 0.2) is 12.4 Å². The van der Waals surface area contributed by atoms with Crippen LogP contribution in [0, 0.1) is 29.1 Å². The number of carbonyl (C=O) groups is 3. The third-order valence-corrected chi connectivity index (χ3v) is 8.18.